The standard InChI is InChI=1S/C9H15NO4/c1-7(11)10-5-3-4-9(10,6-14-2)8(12)13/h3-6H2,1-2H3,(H,12,13). The van der Waals surface area contributed by atoms with Gasteiger partial charge >= 0.3 is 5.97 Å². The van der Waals surface area contributed by atoms with Gasteiger partial charge in [-0.1, -0.05) is 0 Å². The van der Waals surface area contributed by atoms with Crippen LogP contribution in [0.15, 0.2) is 0 Å². The molecule has 14 heavy (non-hydrogen) atoms. The first-order valence-corrected chi connectivity index (χ1v) is 4.55. The number of carboxylic acid groups (broad SMARTS) is 1. The number of carboxylic acids is 1. The molecule has 1 aliphatic rings. The van der Waals surface area contributed by atoms with Crippen LogP contribution in [0, 0.1) is 0 Å². The number of rotatable bonds is 3. The zero-order valence-corrected chi connectivity index (χ0v) is 8.45. The summed E-state index contributed by atoms with van der Waals surface area (Å²) in [6.07, 6.45) is 1.19. The molecule has 0 aliphatic carbocycles. The predicted molar refractivity (Wildman–Crippen MR) is 48.9 cm³/mol. The van der Waals surface area contributed by atoms with Gasteiger partial charge in [0.2, 0.25) is 5.91 Å². The number of amides is 1. The Kier molecular flexibility index (Phi) is 3.10. The van der Waals surface area contributed by atoms with Crippen LogP contribution in [0.3, 0.4) is 0 Å². The molecule has 0 radical (unpaired) electrons. The van der Waals surface area contributed by atoms with Crippen molar-refractivity contribution in [3.8, 4) is 0 Å². The Morgan fingerprint density at radius 1 is 1.57 bits per heavy atom. The fourth-order valence-corrected chi connectivity index (χ4v) is 2.01. The molecule has 1 amide bonds. The van der Waals surface area contributed by atoms with Crippen LogP contribution in [0.25, 0.3) is 0 Å². The van der Waals surface area contributed by atoms with Gasteiger partial charge < -0.3 is 14.7 Å². The van der Waals surface area contributed by atoms with Gasteiger partial charge in [0.15, 0.2) is 5.54 Å². The average molecular weight is 201 g/mol. The van der Waals surface area contributed by atoms with E-state index >= 15 is 0 Å². The van der Waals surface area contributed by atoms with E-state index in [2.05, 4.69) is 0 Å². The monoisotopic (exact) mass is 201 g/mol. The van der Waals surface area contributed by atoms with Crippen LogP contribution in [0.2, 0.25) is 0 Å². The Labute approximate surface area is 82.6 Å². The maximum atomic E-state index is 11.2. The molecule has 1 rings (SSSR count). The zero-order valence-electron chi connectivity index (χ0n) is 8.45. The quantitative estimate of drug-likeness (QED) is 0.703. The minimum atomic E-state index is -1.14. The van der Waals surface area contributed by atoms with Gasteiger partial charge in [0.1, 0.15) is 0 Å². The summed E-state index contributed by atoms with van der Waals surface area (Å²) in [4.78, 5) is 23.8. The van der Waals surface area contributed by atoms with Crippen molar-refractivity contribution < 1.29 is 19.4 Å². The molecular weight excluding hydrogens is 186 g/mol. The van der Waals surface area contributed by atoms with E-state index in [4.69, 9.17) is 9.84 Å². The number of hydrogen-bond acceptors (Lipinski definition) is 3. The van der Waals surface area contributed by atoms with Crippen LogP contribution in [0.1, 0.15) is 19.8 Å². The molecule has 1 fully saturated rings. The van der Waals surface area contributed by atoms with Gasteiger partial charge in [0, 0.05) is 20.6 Å². The summed E-state index contributed by atoms with van der Waals surface area (Å²) < 4.78 is 4.90. The molecule has 1 atom stereocenters. The number of carbonyl (C=O) groups is 2. The highest BCUT2D eigenvalue weighted by molar-refractivity contribution is 5.87. The maximum absolute atomic E-state index is 11.2. The van der Waals surface area contributed by atoms with E-state index in [9.17, 15) is 9.59 Å². The third kappa shape index (κ3) is 1.59. The van der Waals surface area contributed by atoms with E-state index in [-0.39, 0.29) is 12.5 Å². The average Bonchev–Trinajstić information content (AvgIpc) is 2.50. The third-order valence-electron chi connectivity index (χ3n) is 2.65. The Morgan fingerprint density at radius 2 is 2.21 bits per heavy atom. The lowest BCUT2D eigenvalue weighted by Gasteiger charge is -2.33. The number of nitrogens with zero attached hydrogens (tertiary/aromatic N) is 1. The third-order valence-corrected chi connectivity index (χ3v) is 2.65. The number of hydrogen-bond donors (Lipinski definition) is 1. The Morgan fingerprint density at radius 3 is 2.64 bits per heavy atom. The van der Waals surface area contributed by atoms with Crippen LogP contribution in [0.5, 0.6) is 0 Å². The van der Waals surface area contributed by atoms with E-state index < -0.39 is 11.5 Å². The molecule has 5 heteroatoms. The molecule has 0 aromatic rings. The molecule has 0 saturated carbocycles. The largest absolute Gasteiger partial charge is 0.479 e. The van der Waals surface area contributed by atoms with Crippen molar-refractivity contribution in [2.24, 2.45) is 0 Å². The first kappa shape index (κ1) is 11.0. The van der Waals surface area contributed by atoms with Gasteiger partial charge in [-0.15, -0.1) is 0 Å². The van der Waals surface area contributed by atoms with Crippen molar-refractivity contribution in [1.29, 1.82) is 0 Å². The molecule has 0 bridgehead atoms. The summed E-state index contributed by atoms with van der Waals surface area (Å²) in [5.41, 5.74) is -1.14. The van der Waals surface area contributed by atoms with E-state index in [1.807, 2.05) is 0 Å². The van der Waals surface area contributed by atoms with Crippen molar-refractivity contribution in [2.45, 2.75) is 25.3 Å². The molecule has 1 aliphatic heterocycles. The first-order chi connectivity index (χ1) is 6.54. The Balaban J connectivity index is 2.95. The highest BCUT2D eigenvalue weighted by Crippen LogP contribution is 2.30. The lowest BCUT2D eigenvalue weighted by molar-refractivity contribution is -0.159. The second-order valence-electron chi connectivity index (χ2n) is 3.54. The van der Waals surface area contributed by atoms with Crippen molar-refractivity contribution in [3.05, 3.63) is 0 Å². The molecular formula is C9H15NO4. The van der Waals surface area contributed by atoms with E-state index in [0.717, 1.165) is 6.42 Å². The number of aliphatic carboxylic acids is 1. The number of ether oxygens (including phenoxy) is 1. The second-order valence-corrected chi connectivity index (χ2v) is 3.54. The summed E-state index contributed by atoms with van der Waals surface area (Å²) in [5.74, 6) is -1.19. The smallest absolute Gasteiger partial charge is 0.332 e. The minimum absolute atomic E-state index is 0.0575. The highest BCUT2D eigenvalue weighted by Gasteiger charge is 2.49. The van der Waals surface area contributed by atoms with Gasteiger partial charge in [-0.2, -0.15) is 0 Å². The maximum Gasteiger partial charge on any atom is 0.332 e. The number of methoxy groups -OCH3 is 1. The van der Waals surface area contributed by atoms with Crippen LogP contribution < -0.4 is 0 Å². The van der Waals surface area contributed by atoms with Crippen LogP contribution in [-0.2, 0) is 14.3 Å². The van der Waals surface area contributed by atoms with E-state index in [1.54, 1.807) is 0 Å². The summed E-state index contributed by atoms with van der Waals surface area (Å²) in [7, 11) is 1.45. The van der Waals surface area contributed by atoms with Crippen LogP contribution in [0.4, 0.5) is 0 Å². The molecule has 0 aromatic heterocycles. The number of carbonyl (C=O) groups excluding carboxylic acids is 1. The lowest BCUT2D eigenvalue weighted by Crippen LogP contribution is -2.55. The second kappa shape index (κ2) is 3.96. The molecule has 1 N–H and O–H groups in total. The molecule has 80 valence electrons. The lowest BCUT2D eigenvalue weighted by atomic mass is 9.97. The normalized spacial score (nSPS) is 26.6. The zero-order chi connectivity index (χ0) is 10.8. The van der Waals surface area contributed by atoms with Gasteiger partial charge in [0.25, 0.3) is 0 Å². The van der Waals surface area contributed by atoms with Gasteiger partial charge in [-0.3, -0.25) is 4.79 Å². The van der Waals surface area contributed by atoms with Crippen molar-refractivity contribution in [2.75, 3.05) is 20.3 Å². The van der Waals surface area contributed by atoms with Crippen molar-refractivity contribution in [3.63, 3.8) is 0 Å². The van der Waals surface area contributed by atoms with E-state index in [0.29, 0.717) is 13.0 Å². The molecule has 1 saturated heterocycles. The van der Waals surface area contributed by atoms with Crippen LogP contribution in [-0.4, -0.2) is 47.7 Å². The summed E-state index contributed by atoms with van der Waals surface area (Å²) >= 11 is 0. The summed E-state index contributed by atoms with van der Waals surface area (Å²) in [6.45, 7) is 1.95. The molecule has 5 nitrogen and oxygen atoms in total. The fourth-order valence-electron chi connectivity index (χ4n) is 2.01. The molecule has 1 heterocycles. The van der Waals surface area contributed by atoms with Crippen molar-refractivity contribution in [1.82, 2.24) is 4.90 Å². The summed E-state index contributed by atoms with van der Waals surface area (Å²) in [5, 5.41) is 9.14. The summed E-state index contributed by atoms with van der Waals surface area (Å²) in [6, 6.07) is 0. The highest BCUT2D eigenvalue weighted by atomic mass is 16.5. The molecule has 1 unspecified atom stereocenters. The first-order valence-electron chi connectivity index (χ1n) is 4.55. The van der Waals surface area contributed by atoms with E-state index in [1.165, 1.54) is 18.9 Å². The Hall–Kier alpha value is -1.10. The number of likely N-dealkylation sites (tertiary alicyclic amines) is 1. The topological polar surface area (TPSA) is 66.8 Å². The molecule has 0 spiro atoms. The van der Waals surface area contributed by atoms with Gasteiger partial charge in [-0.25, -0.2) is 4.79 Å². The fraction of sp³-hybridized carbons (Fsp3) is 0.778. The van der Waals surface area contributed by atoms with Gasteiger partial charge in [0.05, 0.1) is 6.61 Å². The Bertz CT molecular complexity index is 253. The predicted octanol–water partition coefficient (Wildman–Crippen LogP) is 0.0985. The van der Waals surface area contributed by atoms with Crippen LogP contribution >= 0.6 is 0 Å². The minimum Gasteiger partial charge on any atom is -0.479 e. The van der Waals surface area contributed by atoms with Crippen molar-refractivity contribution >= 4 is 11.9 Å². The van der Waals surface area contributed by atoms with Gasteiger partial charge in [-0.05, 0) is 12.8 Å². The molecule has 0 aromatic carbocycles. The SMILES string of the molecule is COCC1(C(=O)O)CCCN1C(C)=O.